The van der Waals surface area contributed by atoms with Crippen LogP contribution in [0.1, 0.15) is 27.7 Å². The van der Waals surface area contributed by atoms with Crippen LogP contribution in [0.25, 0.3) is 5.69 Å². The van der Waals surface area contributed by atoms with Crippen LogP contribution >= 0.6 is 11.8 Å². The molecule has 1 atom stereocenters. The van der Waals surface area contributed by atoms with E-state index in [-0.39, 0.29) is 16.7 Å². The maximum Gasteiger partial charge on any atom is 0.233 e. The number of para-hydroxylation sites is 2. The van der Waals surface area contributed by atoms with Gasteiger partial charge in [0.05, 0.1) is 18.0 Å². The fourth-order valence-corrected chi connectivity index (χ4v) is 2.82. The van der Waals surface area contributed by atoms with Crippen molar-refractivity contribution in [1.82, 2.24) is 20.1 Å². The van der Waals surface area contributed by atoms with Crippen molar-refractivity contribution in [2.45, 2.75) is 43.6 Å². The van der Waals surface area contributed by atoms with Gasteiger partial charge in [-0.25, -0.2) is 0 Å². The molecule has 1 N–H and O–H groups in total. The Balaban J connectivity index is 2.20. The van der Waals surface area contributed by atoms with Gasteiger partial charge in [-0.2, -0.15) is 0 Å². The van der Waals surface area contributed by atoms with Gasteiger partial charge in [0.15, 0.2) is 5.16 Å². The predicted molar refractivity (Wildman–Crippen MR) is 91.1 cm³/mol. The Kier molecular flexibility index (Phi) is 5.30. The Morgan fingerprint density at radius 2 is 2.04 bits per heavy atom. The molecule has 2 rings (SSSR count). The third-order valence-electron chi connectivity index (χ3n) is 3.01. The van der Waals surface area contributed by atoms with Gasteiger partial charge < -0.3 is 10.1 Å². The van der Waals surface area contributed by atoms with E-state index in [2.05, 4.69) is 15.5 Å². The summed E-state index contributed by atoms with van der Waals surface area (Å²) in [5, 5.41) is 11.4. The summed E-state index contributed by atoms with van der Waals surface area (Å²) < 4.78 is 7.20. The zero-order chi connectivity index (χ0) is 17.0. The summed E-state index contributed by atoms with van der Waals surface area (Å²) in [6, 6.07) is 7.62. The quantitative estimate of drug-likeness (QED) is 0.851. The number of rotatable bonds is 5. The number of ether oxygens (including phenoxy) is 1. The smallest absolute Gasteiger partial charge is 0.233 e. The molecule has 1 heterocycles. The zero-order valence-corrected chi connectivity index (χ0v) is 14.8. The Bertz CT molecular complexity index is 679. The number of benzene rings is 1. The van der Waals surface area contributed by atoms with Gasteiger partial charge in [-0.15, -0.1) is 10.2 Å². The molecule has 0 radical (unpaired) electrons. The van der Waals surface area contributed by atoms with Crippen molar-refractivity contribution in [1.29, 1.82) is 0 Å². The van der Waals surface area contributed by atoms with Crippen molar-refractivity contribution < 1.29 is 9.53 Å². The first-order chi connectivity index (χ1) is 10.8. The molecule has 0 saturated carbocycles. The highest BCUT2D eigenvalue weighted by atomic mass is 32.2. The molecule has 0 aliphatic rings. The number of nitrogens with one attached hydrogen (secondary N) is 1. The van der Waals surface area contributed by atoms with E-state index in [4.69, 9.17) is 4.74 Å². The highest BCUT2D eigenvalue weighted by Gasteiger charge is 2.22. The van der Waals surface area contributed by atoms with E-state index in [0.29, 0.717) is 5.16 Å². The Morgan fingerprint density at radius 3 is 2.70 bits per heavy atom. The van der Waals surface area contributed by atoms with Crippen LogP contribution in [-0.2, 0) is 4.79 Å². The lowest BCUT2D eigenvalue weighted by molar-refractivity contribution is -0.121. The predicted octanol–water partition coefficient (Wildman–Crippen LogP) is 2.67. The molecule has 0 bridgehead atoms. The molecule has 0 unspecified atom stereocenters. The van der Waals surface area contributed by atoms with Crippen molar-refractivity contribution in [3.8, 4) is 11.4 Å². The van der Waals surface area contributed by atoms with Crippen molar-refractivity contribution in [2.75, 3.05) is 7.11 Å². The summed E-state index contributed by atoms with van der Waals surface area (Å²) in [6.07, 6.45) is 1.62. The number of nitrogens with zero attached hydrogens (tertiary/aromatic N) is 3. The standard InChI is InChI=1S/C16H22N4O2S/c1-11(14(21)18-16(2,3)4)23-15-19-17-10-20(15)12-8-6-7-9-13(12)22-5/h6-11H,1-5H3,(H,18,21)/t11-/m0/s1. The molecule has 2 aromatic rings. The molecule has 23 heavy (non-hydrogen) atoms. The van der Waals surface area contributed by atoms with Crippen LogP contribution in [0.5, 0.6) is 5.75 Å². The normalized spacial score (nSPS) is 12.7. The molecule has 0 aliphatic heterocycles. The third kappa shape index (κ3) is 4.48. The second-order valence-corrected chi connectivity index (χ2v) is 7.46. The molecule has 1 aromatic carbocycles. The summed E-state index contributed by atoms with van der Waals surface area (Å²) in [4.78, 5) is 12.2. The zero-order valence-electron chi connectivity index (χ0n) is 14.0. The minimum absolute atomic E-state index is 0.0305. The number of hydrogen-bond acceptors (Lipinski definition) is 5. The lowest BCUT2D eigenvalue weighted by atomic mass is 10.1. The van der Waals surface area contributed by atoms with E-state index in [9.17, 15) is 4.79 Å². The van der Waals surface area contributed by atoms with Gasteiger partial charge in [0.2, 0.25) is 5.91 Å². The van der Waals surface area contributed by atoms with Gasteiger partial charge in [-0.1, -0.05) is 23.9 Å². The fraction of sp³-hybridized carbons (Fsp3) is 0.438. The number of carbonyl (C=O) groups is 1. The SMILES string of the molecule is COc1ccccc1-n1cnnc1S[C@@H](C)C(=O)NC(C)(C)C. The maximum atomic E-state index is 12.2. The Hall–Kier alpha value is -2.02. The minimum atomic E-state index is -0.285. The van der Waals surface area contributed by atoms with E-state index >= 15 is 0 Å². The fourth-order valence-electron chi connectivity index (χ4n) is 1.98. The highest BCUT2D eigenvalue weighted by Crippen LogP contribution is 2.28. The van der Waals surface area contributed by atoms with Crippen LogP contribution in [0, 0.1) is 0 Å². The minimum Gasteiger partial charge on any atom is -0.495 e. The topological polar surface area (TPSA) is 69.0 Å². The maximum absolute atomic E-state index is 12.2. The molecule has 1 amide bonds. The second-order valence-electron chi connectivity index (χ2n) is 6.15. The summed E-state index contributed by atoms with van der Waals surface area (Å²) in [6.45, 7) is 7.73. The number of thioether (sulfide) groups is 1. The molecule has 0 fully saturated rings. The molecule has 0 aliphatic carbocycles. The van der Waals surface area contributed by atoms with E-state index in [1.165, 1.54) is 11.8 Å². The number of aromatic nitrogens is 3. The van der Waals surface area contributed by atoms with Crippen molar-refractivity contribution in [3.63, 3.8) is 0 Å². The van der Waals surface area contributed by atoms with Crippen LogP contribution in [0.4, 0.5) is 0 Å². The average molecular weight is 334 g/mol. The molecule has 7 heteroatoms. The average Bonchev–Trinajstić information content (AvgIpc) is 2.93. The van der Waals surface area contributed by atoms with Crippen LogP contribution in [-0.4, -0.2) is 38.6 Å². The van der Waals surface area contributed by atoms with Crippen LogP contribution in [0.2, 0.25) is 0 Å². The van der Waals surface area contributed by atoms with E-state index in [0.717, 1.165) is 11.4 Å². The number of carbonyl (C=O) groups excluding carboxylic acids is 1. The van der Waals surface area contributed by atoms with Gasteiger partial charge in [-0.05, 0) is 39.8 Å². The number of hydrogen-bond donors (Lipinski definition) is 1. The molecular formula is C16H22N4O2S. The molecule has 1 aromatic heterocycles. The van der Waals surface area contributed by atoms with Gasteiger partial charge >= 0.3 is 0 Å². The molecule has 6 nitrogen and oxygen atoms in total. The number of amides is 1. The van der Waals surface area contributed by atoms with Gasteiger partial charge in [0, 0.05) is 5.54 Å². The molecule has 0 spiro atoms. The van der Waals surface area contributed by atoms with E-state index < -0.39 is 0 Å². The van der Waals surface area contributed by atoms with Crippen molar-refractivity contribution in [3.05, 3.63) is 30.6 Å². The highest BCUT2D eigenvalue weighted by molar-refractivity contribution is 8.00. The largest absolute Gasteiger partial charge is 0.495 e. The first-order valence-corrected chi connectivity index (χ1v) is 8.22. The first-order valence-electron chi connectivity index (χ1n) is 7.34. The van der Waals surface area contributed by atoms with E-state index in [1.54, 1.807) is 13.4 Å². The summed E-state index contributed by atoms with van der Waals surface area (Å²) in [5.74, 6) is 0.693. The van der Waals surface area contributed by atoms with Gasteiger partial charge in [-0.3, -0.25) is 9.36 Å². The summed E-state index contributed by atoms with van der Waals surface area (Å²) >= 11 is 1.36. The van der Waals surface area contributed by atoms with Crippen LogP contribution < -0.4 is 10.1 Å². The third-order valence-corrected chi connectivity index (χ3v) is 4.07. The van der Waals surface area contributed by atoms with Crippen molar-refractivity contribution in [2.24, 2.45) is 0 Å². The van der Waals surface area contributed by atoms with Gasteiger partial charge in [0.1, 0.15) is 12.1 Å². The van der Waals surface area contributed by atoms with Gasteiger partial charge in [0.25, 0.3) is 0 Å². The summed E-state index contributed by atoms with van der Waals surface area (Å²) in [7, 11) is 1.62. The second kappa shape index (κ2) is 7.04. The number of methoxy groups -OCH3 is 1. The monoisotopic (exact) mass is 334 g/mol. The van der Waals surface area contributed by atoms with Crippen LogP contribution in [0.15, 0.2) is 35.7 Å². The lowest BCUT2D eigenvalue weighted by Crippen LogP contribution is -2.44. The molecule has 124 valence electrons. The molecular weight excluding hydrogens is 312 g/mol. The van der Waals surface area contributed by atoms with Crippen LogP contribution in [0.3, 0.4) is 0 Å². The lowest BCUT2D eigenvalue weighted by Gasteiger charge is -2.22. The van der Waals surface area contributed by atoms with Crippen molar-refractivity contribution >= 4 is 17.7 Å². The Labute approximate surface area is 140 Å². The molecule has 0 saturated heterocycles. The Morgan fingerprint density at radius 1 is 1.35 bits per heavy atom. The van der Waals surface area contributed by atoms with E-state index in [1.807, 2.05) is 56.5 Å². The summed E-state index contributed by atoms with van der Waals surface area (Å²) in [5.41, 5.74) is 0.577. The first kappa shape index (κ1) is 17.3.